The maximum Gasteiger partial charge on any atom is 0.227 e. The molecule has 0 spiro atoms. The second-order valence-electron chi connectivity index (χ2n) is 5.78. The molecule has 1 unspecified atom stereocenters. The number of fused-ring (bicyclic) bond motifs is 1. The van der Waals surface area contributed by atoms with Crippen molar-refractivity contribution in [3.05, 3.63) is 23.8 Å². The Hall–Kier alpha value is -1.62. The van der Waals surface area contributed by atoms with Crippen LogP contribution in [0.5, 0.6) is 0 Å². The standard InChI is InChI=1S/C16H21N3OS/c1-4-11-6-5-7-13-14(11)17-16(21-13)19-9-8-12(10-19)15(20)18(2)3/h5-7,12H,4,8-10H2,1-3H3. The molecule has 0 N–H and O–H groups in total. The van der Waals surface area contributed by atoms with Gasteiger partial charge in [0.1, 0.15) is 0 Å². The molecular formula is C16H21N3OS. The molecule has 1 aliphatic heterocycles. The van der Waals surface area contributed by atoms with E-state index in [1.54, 1.807) is 16.2 Å². The molecule has 21 heavy (non-hydrogen) atoms. The largest absolute Gasteiger partial charge is 0.349 e. The molecule has 4 nitrogen and oxygen atoms in total. The summed E-state index contributed by atoms with van der Waals surface area (Å²) in [5.74, 6) is 0.338. The number of thiazole rings is 1. The summed E-state index contributed by atoms with van der Waals surface area (Å²) < 4.78 is 1.24. The Morgan fingerprint density at radius 2 is 2.29 bits per heavy atom. The van der Waals surface area contributed by atoms with Crippen LogP contribution in [0, 0.1) is 5.92 Å². The molecule has 2 aromatic rings. The van der Waals surface area contributed by atoms with Crippen molar-refractivity contribution < 1.29 is 4.79 Å². The van der Waals surface area contributed by atoms with Crippen LogP contribution in [-0.4, -0.2) is 43.0 Å². The van der Waals surface area contributed by atoms with E-state index in [9.17, 15) is 4.79 Å². The number of carbonyl (C=O) groups is 1. The number of hydrogen-bond acceptors (Lipinski definition) is 4. The van der Waals surface area contributed by atoms with Gasteiger partial charge in [0.25, 0.3) is 0 Å². The lowest BCUT2D eigenvalue weighted by atomic mass is 10.1. The minimum absolute atomic E-state index is 0.109. The van der Waals surface area contributed by atoms with E-state index >= 15 is 0 Å². The van der Waals surface area contributed by atoms with Gasteiger partial charge in [0.05, 0.1) is 16.1 Å². The third kappa shape index (κ3) is 2.62. The third-order valence-corrected chi connectivity index (χ3v) is 5.20. The number of nitrogens with zero attached hydrogens (tertiary/aromatic N) is 3. The number of para-hydroxylation sites is 1. The first kappa shape index (κ1) is 14.3. The van der Waals surface area contributed by atoms with Crippen molar-refractivity contribution >= 4 is 32.6 Å². The molecule has 0 aliphatic carbocycles. The first-order valence-electron chi connectivity index (χ1n) is 7.44. The molecule has 0 bridgehead atoms. The number of aromatic nitrogens is 1. The Balaban J connectivity index is 1.84. The number of amides is 1. The highest BCUT2D eigenvalue weighted by molar-refractivity contribution is 7.22. The van der Waals surface area contributed by atoms with Crippen LogP contribution < -0.4 is 4.90 Å². The van der Waals surface area contributed by atoms with Gasteiger partial charge in [-0.3, -0.25) is 4.79 Å². The fourth-order valence-electron chi connectivity index (χ4n) is 2.92. The third-order valence-electron chi connectivity index (χ3n) is 4.12. The Labute approximate surface area is 129 Å². The van der Waals surface area contributed by atoms with Gasteiger partial charge in [-0.15, -0.1) is 0 Å². The molecule has 1 amide bonds. The van der Waals surface area contributed by atoms with Crippen LogP contribution in [0.25, 0.3) is 10.2 Å². The minimum Gasteiger partial charge on any atom is -0.349 e. The summed E-state index contributed by atoms with van der Waals surface area (Å²) in [6, 6.07) is 6.38. The first-order chi connectivity index (χ1) is 10.1. The van der Waals surface area contributed by atoms with Gasteiger partial charge in [-0.25, -0.2) is 4.98 Å². The second kappa shape index (κ2) is 5.64. The zero-order valence-corrected chi connectivity index (χ0v) is 13.6. The van der Waals surface area contributed by atoms with Crippen LogP contribution in [0.2, 0.25) is 0 Å². The van der Waals surface area contributed by atoms with Gasteiger partial charge in [-0.1, -0.05) is 30.4 Å². The molecule has 1 aliphatic rings. The lowest BCUT2D eigenvalue weighted by Gasteiger charge is -2.17. The Morgan fingerprint density at radius 3 is 3.00 bits per heavy atom. The van der Waals surface area contributed by atoms with Crippen molar-refractivity contribution in [3.8, 4) is 0 Å². The van der Waals surface area contributed by atoms with Gasteiger partial charge in [0, 0.05) is 27.2 Å². The maximum absolute atomic E-state index is 12.1. The number of carbonyl (C=O) groups excluding carboxylic acids is 1. The second-order valence-corrected chi connectivity index (χ2v) is 6.79. The van der Waals surface area contributed by atoms with Crippen molar-refractivity contribution in [2.75, 3.05) is 32.1 Å². The molecule has 3 rings (SSSR count). The van der Waals surface area contributed by atoms with Gasteiger partial charge in [-0.05, 0) is 24.5 Å². The molecule has 1 saturated heterocycles. The summed E-state index contributed by atoms with van der Waals surface area (Å²) in [5.41, 5.74) is 2.43. The van der Waals surface area contributed by atoms with Crippen molar-refractivity contribution in [1.29, 1.82) is 0 Å². The minimum atomic E-state index is 0.109. The van der Waals surface area contributed by atoms with Gasteiger partial charge in [-0.2, -0.15) is 0 Å². The quantitative estimate of drug-likeness (QED) is 0.875. The van der Waals surface area contributed by atoms with E-state index in [0.717, 1.165) is 36.6 Å². The van der Waals surface area contributed by atoms with Crippen LogP contribution in [0.1, 0.15) is 18.9 Å². The van der Waals surface area contributed by atoms with E-state index in [0.29, 0.717) is 0 Å². The van der Waals surface area contributed by atoms with Crippen LogP contribution in [0.3, 0.4) is 0 Å². The SMILES string of the molecule is CCc1cccc2sc(N3CCC(C(=O)N(C)C)C3)nc12. The molecule has 1 aromatic heterocycles. The summed E-state index contributed by atoms with van der Waals surface area (Å²) in [5, 5.41) is 1.06. The van der Waals surface area contributed by atoms with Gasteiger partial charge < -0.3 is 9.80 Å². The van der Waals surface area contributed by atoms with Crippen molar-refractivity contribution in [2.45, 2.75) is 19.8 Å². The summed E-state index contributed by atoms with van der Waals surface area (Å²) in [6.07, 6.45) is 1.93. The molecule has 112 valence electrons. The van der Waals surface area contributed by atoms with E-state index in [-0.39, 0.29) is 11.8 Å². The molecule has 1 fully saturated rings. The predicted molar refractivity (Wildman–Crippen MR) is 88.0 cm³/mol. The summed E-state index contributed by atoms with van der Waals surface area (Å²) in [6.45, 7) is 3.87. The number of anilines is 1. The Morgan fingerprint density at radius 1 is 1.48 bits per heavy atom. The average Bonchev–Trinajstić information content (AvgIpc) is 3.11. The van der Waals surface area contributed by atoms with Gasteiger partial charge in [0.2, 0.25) is 5.91 Å². The van der Waals surface area contributed by atoms with Crippen LogP contribution >= 0.6 is 11.3 Å². The van der Waals surface area contributed by atoms with E-state index < -0.39 is 0 Å². The van der Waals surface area contributed by atoms with Gasteiger partial charge in [0.15, 0.2) is 5.13 Å². The van der Waals surface area contributed by atoms with E-state index in [1.807, 2.05) is 14.1 Å². The van der Waals surface area contributed by atoms with Crippen LogP contribution in [0.4, 0.5) is 5.13 Å². The topological polar surface area (TPSA) is 36.4 Å². The molecule has 2 heterocycles. The fourth-order valence-corrected chi connectivity index (χ4v) is 3.96. The molecular weight excluding hydrogens is 282 g/mol. The normalized spacial score (nSPS) is 18.4. The van der Waals surface area contributed by atoms with Crippen molar-refractivity contribution in [3.63, 3.8) is 0 Å². The lowest BCUT2D eigenvalue weighted by molar-refractivity contribution is -0.132. The number of benzene rings is 1. The smallest absolute Gasteiger partial charge is 0.227 e. The zero-order chi connectivity index (χ0) is 15.0. The van der Waals surface area contributed by atoms with Gasteiger partial charge >= 0.3 is 0 Å². The summed E-state index contributed by atoms with van der Waals surface area (Å²) >= 11 is 1.74. The molecule has 0 radical (unpaired) electrons. The predicted octanol–water partition coefficient (Wildman–Crippen LogP) is 2.77. The molecule has 0 saturated carbocycles. The van der Waals surface area contributed by atoms with E-state index in [2.05, 4.69) is 30.0 Å². The maximum atomic E-state index is 12.1. The summed E-state index contributed by atoms with van der Waals surface area (Å²) in [7, 11) is 3.66. The monoisotopic (exact) mass is 303 g/mol. The fraction of sp³-hybridized carbons (Fsp3) is 0.500. The lowest BCUT2D eigenvalue weighted by Crippen LogP contribution is -2.31. The number of hydrogen-bond donors (Lipinski definition) is 0. The zero-order valence-electron chi connectivity index (χ0n) is 12.8. The molecule has 1 atom stereocenters. The highest BCUT2D eigenvalue weighted by atomic mass is 32.1. The average molecular weight is 303 g/mol. The molecule has 1 aromatic carbocycles. The summed E-state index contributed by atoms with van der Waals surface area (Å²) in [4.78, 5) is 20.9. The van der Waals surface area contributed by atoms with E-state index in [1.165, 1.54) is 10.3 Å². The Bertz CT molecular complexity index is 665. The van der Waals surface area contributed by atoms with E-state index in [4.69, 9.17) is 4.98 Å². The van der Waals surface area contributed by atoms with Crippen molar-refractivity contribution in [1.82, 2.24) is 9.88 Å². The highest BCUT2D eigenvalue weighted by Crippen LogP contribution is 2.33. The Kier molecular flexibility index (Phi) is 3.85. The molecule has 5 heteroatoms. The van der Waals surface area contributed by atoms with Crippen LogP contribution in [0.15, 0.2) is 18.2 Å². The van der Waals surface area contributed by atoms with Crippen molar-refractivity contribution in [2.24, 2.45) is 5.92 Å². The number of rotatable bonds is 3. The highest BCUT2D eigenvalue weighted by Gasteiger charge is 2.30. The number of aryl methyl sites for hydroxylation is 1. The first-order valence-corrected chi connectivity index (χ1v) is 8.26. The van der Waals surface area contributed by atoms with Crippen LogP contribution in [-0.2, 0) is 11.2 Å².